The molecule has 2 nitrogen and oxygen atoms in total. The van der Waals surface area contributed by atoms with Crippen LogP contribution in [0.15, 0.2) is 48.5 Å². The van der Waals surface area contributed by atoms with Crippen molar-refractivity contribution in [3.8, 4) is 5.75 Å². The lowest BCUT2D eigenvalue weighted by Crippen LogP contribution is -2.11. The number of benzene rings is 2. The third kappa shape index (κ3) is 2.96. The van der Waals surface area contributed by atoms with Gasteiger partial charge >= 0.3 is 0 Å². The molecule has 0 spiro atoms. The molecule has 2 heteroatoms. The molecule has 0 unspecified atom stereocenters. The Morgan fingerprint density at radius 3 is 2.71 bits per heavy atom. The molecule has 0 amide bonds. The molecule has 0 fully saturated rings. The molecular weight excluding hydrogens is 258 g/mol. The van der Waals surface area contributed by atoms with Gasteiger partial charge in [-0.15, -0.1) is 0 Å². The van der Waals surface area contributed by atoms with Crippen molar-refractivity contribution in [2.45, 2.75) is 37.6 Å². The van der Waals surface area contributed by atoms with E-state index < -0.39 is 0 Å². The van der Waals surface area contributed by atoms with Crippen LogP contribution in [0.1, 0.15) is 47.9 Å². The van der Waals surface area contributed by atoms with Crippen LogP contribution in [-0.2, 0) is 6.42 Å². The zero-order valence-corrected chi connectivity index (χ0v) is 12.6. The average molecular weight is 281 g/mol. The van der Waals surface area contributed by atoms with Crippen LogP contribution in [0, 0.1) is 0 Å². The number of methoxy groups -OCH3 is 1. The van der Waals surface area contributed by atoms with Gasteiger partial charge in [0.25, 0.3) is 0 Å². The van der Waals surface area contributed by atoms with Gasteiger partial charge in [0.1, 0.15) is 5.75 Å². The first-order valence-corrected chi connectivity index (χ1v) is 7.76. The standard InChI is InChI=1S/C19H23NO/c1-21-18-9-5-8-15-10-11-16(19(15)18)12-13-17(20)14-6-3-2-4-7-14/h2-9,16-17H,10-13,20H2,1H3/t16-,17-/m1/s1. The average Bonchev–Trinajstić information content (AvgIpc) is 2.96. The van der Waals surface area contributed by atoms with Crippen LogP contribution in [0.4, 0.5) is 0 Å². The Kier molecular flexibility index (Phi) is 4.26. The predicted molar refractivity (Wildman–Crippen MR) is 86.7 cm³/mol. The van der Waals surface area contributed by atoms with Crippen molar-refractivity contribution in [1.82, 2.24) is 0 Å². The summed E-state index contributed by atoms with van der Waals surface area (Å²) >= 11 is 0. The summed E-state index contributed by atoms with van der Waals surface area (Å²) in [5, 5.41) is 0. The highest BCUT2D eigenvalue weighted by molar-refractivity contribution is 5.46. The van der Waals surface area contributed by atoms with Gasteiger partial charge in [-0.25, -0.2) is 0 Å². The SMILES string of the molecule is COc1cccc2c1[C@@H](CC[C@@H](N)c1ccccc1)CC2. The molecule has 0 aliphatic heterocycles. The molecule has 0 saturated heterocycles. The fourth-order valence-corrected chi connectivity index (χ4v) is 3.46. The van der Waals surface area contributed by atoms with E-state index in [0.717, 1.165) is 25.0 Å². The molecule has 2 N–H and O–H groups in total. The predicted octanol–water partition coefficient (Wildman–Crippen LogP) is 4.21. The van der Waals surface area contributed by atoms with Crippen molar-refractivity contribution in [2.75, 3.05) is 7.11 Å². The summed E-state index contributed by atoms with van der Waals surface area (Å²) in [6, 6.07) is 16.9. The van der Waals surface area contributed by atoms with Gasteiger partial charge in [-0.2, -0.15) is 0 Å². The molecule has 2 aromatic rings. The molecule has 0 saturated carbocycles. The second kappa shape index (κ2) is 6.31. The van der Waals surface area contributed by atoms with Gasteiger partial charge in [0.05, 0.1) is 7.11 Å². The third-order valence-electron chi connectivity index (χ3n) is 4.60. The molecule has 1 aliphatic carbocycles. The molecular formula is C19H23NO. The van der Waals surface area contributed by atoms with Crippen LogP contribution in [0.25, 0.3) is 0 Å². The van der Waals surface area contributed by atoms with Gasteiger partial charge in [0, 0.05) is 11.6 Å². The molecule has 3 rings (SSSR count). The molecule has 0 radical (unpaired) electrons. The van der Waals surface area contributed by atoms with Gasteiger partial charge in [0.2, 0.25) is 0 Å². The van der Waals surface area contributed by atoms with E-state index in [-0.39, 0.29) is 6.04 Å². The van der Waals surface area contributed by atoms with Crippen LogP contribution in [0.2, 0.25) is 0 Å². The van der Waals surface area contributed by atoms with Crippen LogP contribution in [0.3, 0.4) is 0 Å². The molecule has 110 valence electrons. The number of rotatable bonds is 5. The summed E-state index contributed by atoms with van der Waals surface area (Å²) in [7, 11) is 1.76. The van der Waals surface area contributed by atoms with Crippen molar-refractivity contribution in [1.29, 1.82) is 0 Å². The Bertz CT molecular complexity index is 594. The first kappa shape index (κ1) is 14.2. The van der Waals surface area contributed by atoms with Gasteiger partial charge in [0.15, 0.2) is 0 Å². The summed E-state index contributed by atoms with van der Waals surface area (Å²) in [5.41, 5.74) is 10.4. The van der Waals surface area contributed by atoms with Gasteiger partial charge in [-0.3, -0.25) is 0 Å². The smallest absolute Gasteiger partial charge is 0.122 e. The van der Waals surface area contributed by atoms with Crippen molar-refractivity contribution < 1.29 is 4.74 Å². The van der Waals surface area contributed by atoms with Gasteiger partial charge < -0.3 is 10.5 Å². The highest BCUT2D eigenvalue weighted by Gasteiger charge is 2.26. The van der Waals surface area contributed by atoms with Crippen LogP contribution < -0.4 is 10.5 Å². The number of hydrogen-bond acceptors (Lipinski definition) is 2. The lowest BCUT2D eigenvalue weighted by molar-refractivity contribution is 0.403. The van der Waals surface area contributed by atoms with E-state index >= 15 is 0 Å². The van der Waals surface area contributed by atoms with E-state index in [1.807, 2.05) is 6.07 Å². The maximum Gasteiger partial charge on any atom is 0.122 e. The van der Waals surface area contributed by atoms with E-state index in [4.69, 9.17) is 10.5 Å². The zero-order chi connectivity index (χ0) is 14.7. The number of aryl methyl sites for hydroxylation is 1. The van der Waals surface area contributed by atoms with Crippen LogP contribution in [-0.4, -0.2) is 7.11 Å². The first-order valence-electron chi connectivity index (χ1n) is 7.76. The van der Waals surface area contributed by atoms with Crippen molar-refractivity contribution in [2.24, 2.45) is 5.73 Å². The Labute approximate surface area is 126 Å². The molecule has 0 bridgehead atoms. The molecule has 2 aromatic carbocycles. The largest absolute Gasteiger partial charge is 0.496 e. The molecule has 21 heavy (non-hydrogen) atoms. The summed E-state index contributed by atoms with van der Waals surface area (Å²) in [6.45, 7) is 0. The number of ether oxygens (including phenoxy) is 1. The summed E-state index contributed by atoms with van der Waals surface area (Å²) < 4.78 is 5.55. The topological polar surface area (TPSA) is 35.2 Å². The van der Waals surface area contributed by atoms with Gasteiger partial charge in [-0.1, -0.05) is 42.5 Å². The fraction of sp³-hybridized carbons (Fsp3) is 0.368. The first-order chi connectivity index (χ1) is 10.3. The second-order valence-electron chi connectivity index (χ2n) is 5.86. The lowest BCUT2D eigenvalue weighted by Gasteiger charge is -2.18. The maximum absolute atomic E-state index is 6.33. The minimum absolute atomic E-state index is 0.130. The number of hydrogen-bond donors (Lipinski definition) is 1. The van der Waals surface area contributed by atoms with Crippen molar-refractivity contribution in [3.63, 3.8) is 0 Å². The zero-order valence-electron chi connectivity index (χ0n) is 12.6. The molecule has 0 aromatic heterocycles. The monoisotopic (exact) mass is 281 g/mol. The molecule has 2 atom stereocenters. The van der Waals surface area contributed by atoms with Gasteiger partial charge in [-0.05, 0) is 48.8 Å². The van der Waals surface area contributed by atoms with Crippen molar-refractivity contribution in [3.05, 3.63) is 65.2 Å². The Morgan fingerprint density at radius 2 is 1.95 bits per heavy atom. The lowest BCUT2D eigenvalue weighted by atomic mass is 9.91. The van der Waals surface area contributed by atoms with E-state index in [2.05, 4.69) is 42.5 Å². The summed E-state index contributed by atoms with van der Waals surface area (Å²) in [5.74, 6) is 1.63. The number of nitrogens with two attached hydrogens (primary N) is 1. The Hall–Kier alpha value is -1.80. The van der Waals surface area contributed by atoms with E-state index in [0.29, 0.717) is 5.92 Å². The summed E-state index contributed by atoms with van der Waals surface area (Å²) in [6.07, 6.45) is 4.53. The second-order valence-corrected chi connectivity index (χ2v) is 5.86. The van der Waals surface area contributed by atoms with Crippen molar-refractivity contribution >= 4 is 0 Å². The Balaban J connectivity index is 1.69. The van der Waals surface area contributed by atoms with Crippen LogP contribution >= 0.6 is 0 Å². The van der Waals surface area contributed by atoms with Crippen LogP contribution in [0.5, 0.6) is 5.75 Å². The maximum atomic E-state index is 6.33. The third-order valence-corrected chi connectivity index (χ3v) is 4.60. The van der Waals surface area contributed by atoms with E-state index in [9.17, 15) is 0 Å². The minimum atomic E-state index is 0.130. The minimum Gasteiger partial charge on any atom is -0.496 e. The van der Waals surface area contributed by atoms with E-state index in [1.54, 1.807) is 7.11 Å². The van der Waals surface area contributed by atoms with E-state index in [1.165, 1.54) is 23.1 Å². The molecule has 0 heterocycles. The highest BCUT2D eigenvalue weighted by Crippen LogP contribution is 2.42. The quantitative estimate of drug-likeness (QED) is 0.891. The number of fused-ring (bicyclic) bond motifs is 1. The fourth-order valence-electron chi connectivity index (χ4n) is 3.46. The normalized spacial score (nSPS) is 18.3. The highest BCUT2D eigenvalue weighted by atomic mass is 16.5. The molecule has 1 aliphatic rings. The Morgan fingerprint density at radius 1 is 1.14 bits per heavy atom. The summed E-state index contributed by atoms with van der Waals surface area (Å²) in [4.78, 5) is 0.